The van der Waals surface area contributed by atoms with Crippen molar-refractivity contribution < 1.29 is 19.1 Å². The Hall–Kier alpha value is -3.97. The van der Waals surface area contributed by atoms with Crippen LogP contribution in [0.5, 0.6) is 11.5 Å². The van der Waals surface area contributed by atoms with Gasteiger partial charge in [0.05, 0.1) is 18.5 Å². The molecule has 0 radical (unpaired) electrons. The van der Waals surface area contributed by atoms with Gasteiger partial charge in [-0.3, -0.25) is 14.5 Å². The maximum atomic E-state index is 12.5. The number of rotatable bonds is 8. The van der Waals surface area contributed by atoms with Crippen LogP contribution in [0.15, 0.2) is 84.2 Å². The lowest BCUT2D eigenvalue weighted by Gasteiger charge is -2.20. The van der Waals surface area contributed by atoms with Crippen molar-refractivity contribution >= 4 is 33.8 Å². The number of thiazole rings is 1. The van der Waals surface area contributed by atoms with Crippen molar-refractivity contribution in [3.8, 4) is 11.5 Å². The van der Waals surface area contributed by atoms with Gasteiger partial charge in [-0.1, -0.05) is 42.5 Å². The summed E-state index contributed by atoms with van der Waals surface area (Å²) in [5.41, 5.74) is 2.57. The van der Waals surface area contributed by atoms with Crippen LogP contribution in [0.3, 0.4) is 0 Å². The first-order chi connectivity index (χ1) is 16.1. The minimum absolute atomic E-state index is 0.0352. The maximum absolute atomic E-state index is 12.5. The van der Waals surface area contributed by atoms with Crippen molar-refractivity contribution in [2.75, 3.05) is 12.0 Å². The molecule has 0 N–H and O–H groups in total. The second-order valence-corrected chi connectivity index (χ2v) is 7.99. The highest BCUT2D eigenvalue weighted by Gasteiger charge is 2.21. The number of methoxy groups -OCH3 is 1. The van der Waals surface area contributed by atoms with Gasteiger partial charge in [-0.15, -0.1) is 11.3 Å². The molecule has 6 nitrogen and oxygen atoms in total. The van der Waals surface area contributed by atoms with Crippen molar-refractivity contribution in [1.82, 2.24) is 4.98 Å². The van der Waals surface area contributed by atoms with E-state index in [1.807, 2.05) is 41.8 Å². The van der Waals surface area contributed by atoms with Crippen molar-refractivity contribution in [2.24, 2.45) is 0 Å². The van der Waals surface area contributed by atoms with Gasteiger partial charge >= 0.3 is 0 Å². The fourth-order valence-corrected chi connectivity index (χ4v) is 4.17. The van der Waals surface area contributed by atoms with Crippen LogP contribution in [0, 0.1) is 0 Å². The number of carbonyl (C=O) groups is 2. The predicted molar refractivity (Wildman–Crippen MR) is 129 cm³/mol. The maximum Gasteiger partial charge on any atom is 0.230 e. The van der Waals surface area contributed by atoms with Crippen molar-refractivity contribution in [2.45, 2.75) is 13.5 Å². The molecule has 33 heavy (non-hydrogen) atoms. The zero-order chi connectivity index (χ0) is 23.2. The second-order valence-electron chi connectivity index (χ2n) is 7.16. The average Bonchev–Trinajstić information content (AvgIpc) is 3.32. The molecule has 166 valence electrons. The summed E-state index contributed by atoms with van der Waals surface area (Å²) < 4.78 is 11.2. The first kappa shape index (κ1) is 22.2. The lowest BCUT2D eigenvalue weighted by Crippen LogP contribution is -2.23. The molecular formula is C26H22N2O4S. The van der Waals surface area contributed by atoms with Crippen LogP contribution in [0.1, 0.15) is 28.5 Å². The Kier molecular flexibility index (Phi) is 6.80. The van der Waals surface area contributed by atoms with Gasteiger partial charge in [0.25, 0.3) is 0 Å². The molecule has 0 aliphatic heterocycles. The first-order valence-corrected chi connectivity index (χ1v) is 11.2. The van der Waals surface area contributed by atoms with E-state index in [-0.39, 0.29) is 18.3 Å². The molecule has 4 aromatic rings. The standard InChI is InChI=1S/C26H22N2O4S/c1-18(29)28(23-10-6-7-11-24(23)31-2)26-27-21(17-33-26)16-32-22-14-12-20(13-15-22)25(30)19-8-4-3-5-9-19/h3-15,17H,16H2,1-2H3. The first-order valence-electron chi connectivity index (χ1n) is 10.3. The monoisotopic (exact) mass is 458 g/mol. The molecule has 4 rings (SSSR count). The molecular weight excluding hydrogens is 436 g/mol. The third-order valence-corrected chi connectivity index (χ3v) is 5.79. The zero-order valence-electron chi connectivity index (χ0n) is 18.2. The van der Waals surface area contributed by atoms with Gasteiger partial charge in [-0.2, -0.15) is 0 Å². The molecule has 0 saturated heterocycles. The van der Waals surface area contributed by atoms with E-state index in [4.69, 9.17) is 9.47 Å². The number of aromatic nitrogens is 1. The summed E-state index contributed by atoms with van der Waals surface area (Å²) in [7, 11) is 1.57. The lowest BCUT2D eigenvalue weighted by atomic mass is 10.0. The molecule has 0 aliphatic rings. The highest BCUT2D eigenvalue weighted by Crippen LogP contribution is 2.35. The molecule has 0 saturated carbocycles. The lowest BCUT2D eigenvalue weighted by molar-refractivity contribution is -0.115. The minimum Gasteiger partial charge on any atom is -0.495 e. The van der Waals surface area contributed by atoms with Crippen LogP contribution < -0.4 is 14.4 Å². The van der Waals surface area contributed by atoms with E-state index < -0.39 is 0 Å². The largest absolute Gasteiger partial charge is 0.495 e. The van der Waals surface area contributed by atoms with E-state index in [0.717, 1.165) is 0 Å². The summed E-state index contributed by atoms with van der Waals surface area (Å²) in [5, 5.41) is 2.39. The van der Waals surface area contributed by atoms with Crippen LogP contribution >= 0.6 is 11.3 Å². The Morgan fingerprint density at radius 1 is 0.909 bits per heavy atom. The molecule has 3 aromatic carbocycles. The number of ether oxygens (including phenoxy) is 2. The molecule has 7 heteroatoms. The van der Waals surface area contributed by atoms with Gasteiger partial charge in [-0.25, -0.2) is 4.98 Å². The summed E-state index contributed by atoms with van der Waals surface area (Å²) in [6.45, 7) is 1.72. The molecule has 0 unspecified atom stereocenters. The summed E-state index contributed by atoms with van der Waals surface area (Å²) in [4.78, 5) is 31.0. The van der Waals surface area contributed by atoms with Gasteiger partial charge in [0, 0.05) is 23.4 Å². The molecule has 0 aliphatic carbocycles. The molecule has 1 amide bonds. The van der Waals surface area contributed by atoms with E-state index >= 15 is 0 Å². The van der Waals surface area contributed by atoms with Crippen LogP contribution in [-0.4, -0.2) is 23.8 Å². The highest BCUT2D eigenvalue weighted by atomic mass is 32.1. The molecule has 1 aromatic heterocycles. The predicted octanol–water partition coefficient (Wildman–Crippen LogP) is 5.65. The molecule has 0 fully saturated rings. The molecule has 1 heterocycles. The molecule has 0 bridgehead atoms. The van der Waals surface area contributed by atoms with Crippen LogP contribution in [-0.2, 0) is 11.4 Å². The highest BCUT2D eigenvalue weighted by molar-refractivity contribution is 7.14. The van der Waals surface area contributed by atoms with Gasteiger partial charge in [0.15, 0.2) is 10.9 Å². The van der Waals surface area contributed by atoms with E-state index in [2.05, 4.69) is 4.98 Å². The number of amides is 1. The summed E-state index contributed by atoms with van der Waals surface area (Å²) in [5.74, 6) is 1.01. The SMILES string of the molecule is COc1ccccc1N(C(C)=O)c1nc(COc2ccc(C(=O)c3ccccc3)cc2)cs1. The van der Waals surface area contributed by atoms with E-state index in [1.54, 1.807) is 49.6 Å². The zero-order valence-corrected chi connectivity index (χ0v) is 19.0. The quantitative estimate of drug-likeness (QED) is 0.319. The number of para-hydroxylation sites is 2. The average molecular weight is 459 g/mol. The van der Waals surface area contributed by atoms with Crippen molar-refractivity contribution in [3.63, 3.8) is 0 Å². The second kappa shape index (κ2) is 10.1. The minimum atomic E-state index is -0.167. The Bertz CT molecular complexity index is 1250. The number of ketones is 1. The van der Waals surface area contributed by atoms with Crippen LogP contribution in [0.25, 0.3) is 0 Å². The van der Waals surface area contributed by atoms with Gasteiger partial charge in [0.2, 0.25) is 5.91 Å². The topological polar surface area (TPSA) is 68.7 Å². The summed E-state index contributed by atoms with van der Waals surface area (Å²) in [6.07, 6.45) is 0. The normalized spacial score (nSPS) is 10.5. The Morgan fingerprint density at radius 3 is 2.27 bits per heavy atom. The number of anilines is 2. The summed E-state index contributed by atoms with van der Waals surface area (Å²) in [6, 6.07) is 23.5. The smallest absolute Gasteiger partial charge is 0.230 e. The van der Waals surface area contributed by atoms with Crippen LogP contribution in [0.2, 0.25) is 0 Å². The number of hydrogen-bond acceptors (Lipinski definition) is 6. The fraction of sp³-hybridized carbons (Fsp3) is 0.115. The number of carbonyl (C=O) groups excluding carboxylic acids is 2. The fourth-order valence-electron chi connectivity index (χ4n) is 3.30. The van der Waals surface area contributed by atoms with E-state index in [0.29, 0.717) is 39.1 Å². The number of hydrogen-bond donors (Lipinski definition) is 0. The number of nitrogens with zero attached hydrogens (tertiary/aromatic N) is 2. The summed E-state index contributed by atoms with van der Waals surface area (Å²) >= 11 is 1.35. The van der Waals surface area contributed by atoms with Gasteiger partial charge in [-0.05, 0) is 36.4 Å². The van der Waals surface area contributed by atoms with E-state index in [1.165, 1.54) is 23.2 Å². The third-order valence-electron chi connectivity index (χ3n) is 4.91. The van der Waals surface area contributed by atoms with Gasteiger partial charge in [0.1, 0.15) is 18.1 Å². The Morgan fingerprint density at radius 2 is 1.58 bits per heavy atom. The Labute approximate surface area is 196 Å². The third kappa shape index (κ3) is 5.10. The van der Waals surface area contributed by atoms with Gasteiger partial charge < -0.3 is 9.47 Å². The number of benzene rings is 3. The molecule has 0 atom stereocenters. The molecule has 0 spiro atoms. The van der Waals surface area contributed by atoms with Crippen molar-refractivity contribution in [1.29, 1.82) is 0 Å². The Balaban J connectivity index is 1.44. The van der Waals surface area contributed by atoms with E-state index in [9.17, 15) is 9.59 Å². The van der Waals surface area contributed by atoms with Crippen LogP contribution in [0.4, 0.5) is 10.8 Å². The van der Waals surface area contributed by atoms with Crippen molar-refractivity contribution in [3.05, 3.63) is 101 Å².